The second-order valence-corrected chi connectivity index (χ2v) is 7.46. The molecule has 2 N–H and O–H groups in total. The van der Waals surface area contributed by atoms with Gasteiger partial charge in [-0.2, -0.15) is 0 Å². The van der Waals surface area contributed by atoms with E-state index in [1.54, 1.807) is 14.2 Å². The summed E-state index contributed by atoms with van der Waals surface area (Å²) in [4.78, 5) is 6.37. The van der Waals surface area contributed by atoms with Crippen LogP contribution in [0.2, 0.25) is 0 Å². The Hall–Kier alpha value is -0.930. The van der Waals surface area contributed by atoms with E-state index in [9.17, 15) is 4.39 Å². The first-order valence-corrected chi connectivity index (χ1v) is 8.58. The Morgan fingerprint density at radius 1 is 1.15 bits per heavy atom. The normalized spacial score (nSPS) is 14.6. The van der Waals surface area contributed by atoms with E-state index in [0.29, 0.717) is 13.1 Å². The van der Waals surface area contributed by atoms with Crippen molar-refractivity contribution in [3.8, 4) is 0 Å². The number of guanidine groups is 1. The molecule has 26 heavy (non-hydrogen) atoms. The molecule has 5 nitrogen and oxygen atoms in total. The quantitative estimate of drug-likeness (QED) is 0.358. The number of rotatable bonds is 7. The van der Waals surface area contributed by atoms with Gasteiger partial charge in [0.05, 0.1) is 12.1 Å². The standard InChI is InChI=1S/C19H33FN4O.HI/c1-19(2,3)17(25-7)13-23-18(21-4)22-12-16(24(5)6)14-8-10-15(20)11-9-14;/h8-11,16-17H,12-13H2,1-7H3,(H2,21,22,23);1H. The highest BCUT2D eigenvalue weighted by Gasteiger charge is 2.24. The molecule has 0 bridgehead atoms. The van der Waals surface area contributed by atoms with Crippen LogP contribution in [0.25, 0.3) is 0 Å². The monoisotopic (exact) mass is 480 g/mol. The molecular weight excluding hydrogens is 446 g/mol. The number of likely N-dealkylation sites (N-methyl/N-ethyl adjacent to an activating group) is 1. The minimum atomic E-state index is -0.223. The van der Waals surface area contributed by atoms with E-state index < -0.39 is 0 Å². The van der Waals surface area contributed by atoms with Crippen molar-refractivity contribution in [1.82, 2.24) is 15.5 Å². The zero-order chi connectivity index (χ0) is 19.0. The lowest BCUT2D eigenvalue weighted by molar-refractivity contribution is 0.0205. The first-order valence-electron chi connectivity index (χ1n) is 8.58. The summed E-state index contributed by atoms with van der Waals surface area (Å²) in [6.45, 7) is 7.77. The number of nitrogens with zero attached hydrogens (tertiary/aromatic N) is 2. The first-order chi connectivity index (χ1) is 11.7. The van der Waals surface area contributed by atoms with Gasteiger partial charge in [-0.05, 0) is 37.2 Å². The molecule has 2 atom stereocenters. The third-order valence-electron chi connectivity index (χ3n) is 4.27. The highest BCUT2D eigenvalue weighted by Crippen LogP contribution is 2.21. The molecule has 0 heterocycles. The van der Waals surface area contributed by atoms with Crippen LogP contribution in [0.15, 0.2) is 29.3 Å². The van der Waals surface area contributed by atoms with Gasteiger partial charge >= 0.3 is 0 Å². The van der Waals surface area contributed by atoms with Crippen LogP contribution in [0.4, 0.5) is 4.39 Å². The minimum absolute atomic E-state index is 0. The minimum Gasteiger partial charge on any atom is -0.379 e. The van der Waals surface area contributed by atoms with E-state index in [0.717, 1.165) is 11.5 Å². The van der Waals surface area contributed by atoms with Crippen LogP contribution in [0.1, 0.15) is 32.4 Å². The molecule has 0 spiro atoms. The van der Waals surface area contributed by atoms with Crippen molar-refractivity contribution < 1.29 is 9.13 Å². The molecule has 1 aromatic rings. The van der Waals surface area contributed by atoms with Gasteiger partial charge in [0.15, 0.2) is 5.96 Å². The zero-order valence-electron chi connectivity index (χ0n) is 17.0. The molecule has 2 unspecified atom stereocenters. The predicted molar refractivity (Wildman–Crippen MR) is 118 cm³/mol. The molecule has 1 rings (SSSR count). The number of halogens is 2. The molecule has 1 aromatic carbocycles. The molecule has 0 aromatic heterocycles. The summed E-state index contributed by atoms with van der Waals surface area (Å²) in [5.74, 6) is 0.500. The van der Waals surface area contributed by atoms with Crippen LogP contribution < -0.4 is 10.6 Å². The van der Waals surface area contributed by atoms with Crippen LogP contribution in [0.3, 0.4) is 0 Å². The molecule has 0 fully saturated rings. The highest BCUT2D eigenvalue weighted by molar-refractivity contribution is 14.0. The number of ether oxygens (including phenoxy) is 1. The third kappa shape index (κ3) is 8.18. The average Bonchev–Trinajstić information content (AvgIpc) is 2.53. The molecule has 0 aliphatic rings. The van der Waals surface area contributed by atoms with Gasteiger partial charge in [0.2, 0.25) is 0 Å². The molecular formula is C19H34FIN4O. The number of hydrogen-bond acceptors (Lipinski definition) is 3. The Labute approximate surface area is 174 Å². The van der Waals surface area contributed by atoms with Crippen molar-refractivity contribution in [3.05, 3.63) is 35.6 Å². The van der Waals surface area contributed by atoms with Crippen molar-refractivity contribution in [2.45, 2.75) is 32.9 Å². The first kappa shape index (κ1) is 25.1. The number of nitrogens with one attached hydrogen (secondary N) is 2. The van der Waals surface area contributed by atoms with Gasteiger partial charge < -0.3 is 20.3 Å². The molecule has 0 aliphatic carbocycles. The summed E-state index contributed by atoms with van der Waals surface area (Å²) in [5.41, 5.74) is 1.10. The molecule has 150 valence electrons. The van der Waals surface area contributed by atoms with Gasteiger partial charge in [0, 0.05) is 27.2 Å². The largest absolute Gasteiger partial charge is 0.379 e. The van der Waals surface area contributed by atoms with Gasteiger partial charge in [-0.25, -0.2) is 4.39 Å². The Balaban J connectivity index is 0.00000625. The fourth-order valence-corrected chi connectivity index (χ4v) is 2.63. The van der Waals surface area contributed by atoms with Gasteiger partial charge in [-0.15, -0.1) is 24.0 Å². The molecule has 0 aliphatic heterocycles. The lowest BCUT2D eigenvalue weighted by Crippen LogP contribution is -2.47. The van der Waals surface area contributed by atoms with Gasteiger partial charge in [0.1, 0.15) is 5.82 Å². The van der Waals surface area contributed by atoms with Crippen molar-refractivity contribution >= 4 is 29.9 Å². The van der Waals surface area contributed by atoms with Crippen LogP contribution in [0.5, 0.6) is 0 Å². The summed E-state index contributed by atoms with van der Waals surface area (Å²) in [6, 6.07) is 6.73. The van der Waals surface area contributed by atoms with Gasteiger partial charge in [-0.3, -0.25) is 4.99 Å². The maximum Gasteiger partial charge on any atom is 0.191 e. The topological polar surface area (TPSA) is 48.9 Å². The molecule has 0 radical (unpaired) electrons. The second kappa shape index (κ2) is 11.7. The lowest BCUT2D eigenvalue weighted by atomic mass is 9.89. The smallest absolute Gasteiger partial charge is 0.191 e. The van der Waals surface area contributed by atoms with E-state index in [1.807, 2.05) is 26.2 Å². The Morgan fingerprint density at radius 3 is 2.12 bits per heavy atom. The Kier molecular flexibility index (Phi) is 11.3. The average molecular weight is 480 g/mol. The second-order valence-electron chi connectivity index (χ2n) is 7.46. The molecule has 0 saturated carbocycles. The van der Waals surface area contributed by atoms with Crippen LogP contribution in [-0.4, -0.2) is 58.3 Å². The molecule has 0 amide bonds. The number of hydrogen-bond donors (Lipinski definition) is 2. The van der Waals surface area contributed by atoms with Crippen molar-refractivity contribution in [2.24, 2.45) is 10.4 Å². The highest BCUT2D eigenvalue weighted by atomic mass is 127. The zero-order valence-corrected chi connectivity index (χ0v) is 19.3. The summed E-state index contributed by atoms with van der Waals surface area (Å²) in [5, 5.41) is 6.66. The van der Waals surface area contributed by atoms with E-state index in [1.165, 1.54) is 12.1 Å². The van der Waals surface area contributed by atoms with Crippen LogP contribution >= 0.6 is 24.0 Å². The maximum atomic E-state index is 13.2. The predicted octanol–water partition coefficient (Wildman–Crippen LogP) is 3.27. The van der Waals surface area contributed by atoms with E-state index in [4.69, 9.17) is 4.74 Å². The summed E-state index contributed by atoms with van der Waals surface area (Å²) < 4.78 is 18.7. The summed E-state index contributed by atoms with van der Waals surface area (Å²) >= 11 is 0. The maximum absolute atomic E-state index is 13.2. The Bertz CT molecular complexity index is 543. The molecule has 0 saturated heterocycles. The van der Waals surface area contributed by atoms with Crippen molar-refractivity contribution in [1.29, 1.82) is 0 Å². The SMILES string of the molecule is CN=C(NCC(c1ccc(F)cc1)N(C)C)NCC(OC)C(C)(C)C.I. The number of methoxy groups -OCH3 is 1. The summed E-state index contributed by atoms with van der Waals surface area (Å²) in [7, 11) is 7.49. The van der Waals surface area contributed by atoms with Gasteiger partial charge in [-0.1, -0.05) is 32.9 Å². The number of aliphatic imine (C=N–C) groups is 1. The fourth-order valence-electron chi connectivity index (χ4n) is 2.63. The number of benzene rings is 1. The van der Waals surface area contributed by atoms with E-state index in [-0.39, 0.29) is 47.4 Å². The lowest BCUT2D eigenvalue weighted by Gasteiger charge is -2.30. The third-order valence-corrected chi connectivity index (χ3v) is 4.27. The summed E-state index contributed by atoms with van der Waals surface area (Å²) in [6.07, 6.45) is 0.0767. The molecule has 7 heteroatoms. The van der Waals surface area contributed by atoms with E-state index in [2.05, 4.69) is 41.3 Å². The van der Waals surface area contributed by atoms with Crippen molar-refractivity contribution in [3.63, 3.8) is 0 Å². The van der Waals surface area contributed by atoms with E-state index >= 15 is 0 Å². The van der Waals surface area contributed by atoms with Crippen LogP contribution in [-0.2, 0) is 4.74 Å². The van der Waals surface area contributed by atoms with Gasteiger partial charge in [0.25, 0.3) is 0 Å². The Morgan fingerprint density at radius 2 is 1.69 bits per heavy atom. The van der Waals surface area contributed by atoms with Crippen molar-refractivity contribution in [2.75, 3.05) is 41.3 Å². The fraction of sp³-hybridized carbons (Fsp3) is 0.632. The van der Waals surface area contributed by atoms with Crippen LogP contribution in [0, 0.1) is 11.2 Å².